The van der Waals surface area contributed by atoms with Crippen molar-refractivity contribution in [2.24, 2.45) is 0 Å². The summed E-state index contributed by atoms with van der Waals surface area (Å²) in [7, 11) is 0. The van der Waals surface area contributed by atoms with Gasteiger partial charge in [-0.05, 0) is 12.8 Å². The molecule has 2 aliphatic rings. The maximum Gasteiger partial charge on any atom is 0.252 e. The fourth-order valence-electron chi connectivity index (χ4n) is 2.41. The minimum absolute atomic E-state index is 0.0636. The van der Waals surface area contributed by atoms with Gasteiger partial charge in [0.25, 0.3) is 5.56 Å². The van der Waals surface area contributed by atoms with Crippen molar-refractivity contribution in [3.05, 3.63) is 22.2 Å². The zero-order valence-electron chi connectivity index (χ0n) is 10.8. The molecule has 0 radical (unpaired) electrons. The van der Waals surface area contributed by atoms with Gasteiger partial charge in [0.2, 0.25) is 0 Å². The van der Waals surface area contributed by atoms with Crippen molar-refractivity contribution in [3.63, 3.8) is 0 Å². The molecule has 2 fully saturated rings. The van der Waals surface area contributed by atoms with Gasteiger partial charge in [-0.1, -0.05) is 0 Å². The monoisotopic (exact) mass is 259 g/mol. The highest BCUT2D eigenvalue weighted by atomic mass is 16.1. The van der Waals surface area contributed by atoms with Crippen molar-refractivity contribution < 1.29 is 0 Å². The van der Waals surface area contributed by atoms with Crippen LogP contribution in [0.25, 0.3) is 0 Å². The van der Waals surface area contributed by atoms with E-state index in [-0.39, 0.29) is 5.56 Å². The third-order valence-corrected chi connectivity index (χ3v) is 3.70. The zero-order chi connectivity index (χ0) is 13.2. The number of piperazine rings is 1. The summed E-state index contributed by atoms with van der Waals surface area (Å²) >= 11 is 0. The first-order chi connectivity index (χ1) is 9.26. The lowest BCUT2D eigenvalue weighted by Gasteiger charge is -2.34. The number of aromatic nitrogens is 2. The Balaban J connectivity index is 1.73. The number of nitrogens with zero attached hydrogens (tertiary/aromatic N) is 4. The molecule has 3 rings (SSSR count). The van der Waals surface area contributed by atoms with Crippen molar-refractivity contribution in [1.29, 1.82) is 5.26 Å². The van der Waals surface area contributed by atoms with Crippen LogP contribution in [-0.4, -0.2) is 47.6 Å². The first-order valence-electron chi connectivity index (χ1n) is 6.72. The van der Waals surface area contributed by atoms with E-state index in [0.29, 0.717) is 12.5 Å². The summed E-state index contributed by atoms with van der Waals surface area (Å²) in [5.74, 6) is 2.07. The molecular formula is C13H17N5O. The second-order valence-electron chi connectivity index (χ2n) is 5.18. The predicted molar refractivity (Wildman–Crippen MR) is 71.1 cm³/mol. The van der Waals surface area contributed by atoms with Gasteiger partial charge in [0.05, 0.1) is 12.6 Å². The lowest BCUT2D eigenvalue weighted by Crippen LogP contribution is -2.47. The average molecular weight is 259 g/mol. The maximum atomic E-state index is 11.7. The smallest absolute Gasteiger partial charge is 0.252 e. The quantitative estimate of drug-likeness (QED) is 0.790. The number of nitriles is 1. The topological polar surface area (TPSA) is 76.0 Å². The zero-order valence-corrected chi connectivity index (χ0v) is 10.8. The molecule has 1 aromatic rings. The van der Waals surface area contributed by atoms with E-state index in [1.807, 2.05) is 0 Å². The first-order valence-corrected chi connectivity index (χ1v) is 6.72. The van der Waals surface area contributed by atoms with E-state index in [0.717, 1.165) is 50.7 Å². The SMILES string of the molecule is N#CCN1CCN(c2cc(=O)[nH]c(C3CC3)n2)CC1. The molecular weight excluding hydrogens is 242 g/mol. The Labute approximate surface area is 111 Å². The van der Waals surface area contributed by atoms with Gasteiger partial charge in [0.1, 0.15) is 11.6 Å². The van der Waals surface area contributed by atoms with Gasteiger partial charge in [0.15, 0.2) is 0 Å². The fourth-order valence-corrected chi connectivity index (χ4v) is 2.41. The molecule has 0 unspecified atom stereocenters. The number of aromatic amines is 1. The normalized spacial score (nSPS) is 20.3. The number of H-pyrrole nitrogens is 1. The molecule has 1 aliphatic carbocycles. The van der Waals surface area contributed by atoms with E-state index in [9.17, 15) is 4.79 Å². The molecule has 0 amide bonds. The Hall–Kier alpha value is -1.87. The van der Waals surface area contributed by atoms with Crippen LogP contribution in [0.4, 0.5) is 5.82 Å². The third kappa shape index (κ3) is 2.76. The highest BCUT2D eigenvalue weighted by Gasteiger charge is 2.27. The molecule has 100 valence electrons. The summed E-state index contributed by atoms with van der Waals surface area (Å²) in [6, 6.07) is 3.75. The van der Waals surface area contributed by atoms with E-state index in [4.69, 9.17) is 5.26 Å². The molecule has 0 spiro atoms. The van der Waals surface area contributed by atoms with E-state index in [1.54, 1.807) is 6.07 Å². The van der Waals surface area contributed by atoms with Crippen LogP contribution in [0.5, 0.6) is 0 Å². The van der Waals surface area contributed by atoms with Gasteiger partial charge in [-0.25, -0.2) is 4.98 Å². The molecule has 0 atom stereocenters. The van der Waals surface area contributed by atoms with Gasteiger partial charge >= 0.3 is 0 Å². The summed E-state index contributed by atoms with van der Waals surface area (Å²) in [5.41, 5.74) is -0.0636. The molecule has 6 heteroatoms. The van der Waals surface area contributed by atoms with Crippen LogP contribution in [0.3, 0.4) is 0 Å². The lowest BCUT2D eigenvalue weighted by atomic mass is 10.3. The van der Waals surface area contributed by atoms with Crippen LogP contribution in [0.2, 0.25) is 0 Å². The molecule has 19 heavy (non-hydrogen) atoms. The van der Waals surface area contributed by atoms with Gasteiger partial charge in [-0.3, -0.25) is 9.69 Å². The van der Waals surface area contributed by atoms with Crippen LogP contribution in [0, 0.1) is 11.3 Å². The van der Waals surface area contributed by atoms with Crippen molar-refractivity contribution in [1.82, 2.24) is 14.9 Å². The Bertz CT molecular complexity index is 549. The second kappa shape index (κ2) is 5.02. The summed E-state index contributed by atoms with van der Waals surface area (Å²) in [4.78, 5) is 23.3. The van der Waals surface area contributed by atoms with Crippen molar-refractivity contribution >= 4 is 5.82 Å². The Kier molecular flexibility index (Phi) is 3.22. The summed E-state index contributed by atoms with van der Waals surface area (Å²) in [6.45, 7) is 3.82. The van der Waals surface area contributed by atoms with Gasteiger partial charge < -0.3 is 9.88 Å². The van der Waals surface area contributed by atoms with Gasteiger partial charge in [-0.2, -0.15) is 5.26 Å². The van der Waals surface area contributed by atoms with E-state index in [2.05, 4.69) is 25.8 Å². The Morgan fingerprint density at radius 3 is 2.74 bits per heavy atom. The van der Waals surface area contributed by atoms with Crippen molar-refractivity contribution in [2.75, 3.05) is 37.6 Å². The number of hydrogen-bond donors (Lipinski definition) is 1. The Morgan fingerprint density at radius 1 is 1.37 bits per heavy atom. The molecule has 1 N–H and O–H groups in total. The molecule has 1 aliphatic heterocycles. The van der Waals surface area contributed by atoms with Crippen LogP contribution >= 0.6 is 0 Å². The molecule has 1 saturated heterocycles. The second-order valence-corrected chi connectivity index (χ2v) is 5.18. The minimum Gasteiger partial charge on any atom is -0.354 e. The standard InChI is InChI=1S/C13H17N5O/c14-3-4-17-5-7-18(8-6-17)11-9-12(19)16-13(15-11)10-1-2-10/h9-10H,1-2,4-8H2,(H,15,16,19). The van der Waals surface area contributed by atoms with E-state index < -0.39 is 0 Å². The van der Waals surface area contributed by atoms with Crippen molar-refractivity contribution in [2.45, 2.75) is 18.8 Å². The fraction of sp³-hybridized carbons (Fsp3) is 0.615. The Morgan fingerprint density at radius 2 is 2.11 bits per heavy atom. The van der Waals surface area contributed by atoms with Gasteiger partial charge in [-0.15, -0.1) is 0 Å². The van der Waals surface area contributed by atoms with Crippen LogP contribution < -0.4 is 10.5 Å². The van der Waals surface area contributed by atoms with Gasteiger partial charge in [0, 0.05) is 38.2 Å². The van der Waals surface area contributed by atoms with Crippen molar-refractivity contribution in [3.8, 4) is 6.07 Å². The molecule has 0 aromatic carbocycles. The summed E-state index contributed by atoms with van der Waals surface area (Å²) in [6.07, 6.45) is 2.25. The average Bonchev–Trinajstić information content (AvgIpc) is 3.23. The van der Waals surface area contributed by atoms with Crippen LogP contribution in [-0.2, 0) is 0 Å². The molecule has 6 nitrogen and oxygen atoms in total. The van der Waals surface area contributed by atoms with Crippen LogP contribution in [0.15, 0.2) is 10.9 Å². The highest BCUT2D eigenvalue weighted by Crippen LogP contribution is 2.37. The maximum absolute atomic E-state index is 11.7. The molecule has 1 aromatic heterocycles. The van der Waals surface area contributed by atoms with Crippen LogP contribution in [0.1, 0.15) is 24.6 Å². The minimum atomic E-state index is -0.0636. The number of hydrogen-bond acceptors (Lipinski definition) is 5. The highest BCUT2D eigenvalue weighted by molar-refractivity contribution is 5.38. The lowest BCUT2D eigenvalue weighted by molar-refractivity contribution is 0.286. The molecule has 0 bridgehead atoms. The molecule has 2 heterocycles. The van der Waals surface area contributed by atoms with E-state index in [1.165, 1.54) is 0 Å². The third-order valence-electron chi connectivity index (χ3n) is 3.70. The van der Waals surface area contributed by atoms with E-state index >= 15 is 0 Å². The molecule has 1 saturated carbocycles. The first kappa shape index (κ1) is 12.2. The number of rotatable bonds is 3. The summed E-state index contributed by atoms with van der Waals surface area (Å²) in [5, 5.41) is 8.68. The number of nitrogens with one attached hydrogen (secondary N) is 1. The number of anilines is 1. The largest absolute Gasteiger partial charge is 0.354 e. The predicted octanol–water partition coefficient (Wildman–Crippen LogP) is 0.293. The summed E-state index contributed by atoms with van der Waals surface area (Å²) < 4.78 is 0.